The molecule has 1 aromatic carbocycles. The Hall–Kier alpha value is -1.71. The maximum Gasteiger partial charge on any atom is 0.187 e. The van der Waals surface area contributed by atoms with Crippen molar-refractivity contribution in [3.8, 4) is 0 Å². The third kappa shape index (κ3) is 6.83. The van der Waals surface area contributed by atoms with E-state index in [0.29, 0.717) is 5.56 Å². The normalized spacial score (nSPS) is 44.6. The fraction of sp³-hybridized carbons (Fsp3) is 0.731. The zero-order chi connectivity index (χ0) is 30.7. The number of ether oxygens (including phenoxy) is 5. The van der Waals surface area contributed by atoms with Gasteiger partial charge in [0.2, 0.25) is 0 Å². The molecule has 10 N–H and O–H groups in total. The molecule has 0 bridgehead atoms. The van der Waals surface area contributed by atoms with Crippen LogP contribution in [0.5, 0.6) is 0 Å². The Morgan fingerprint density at radius 2 is 1.02 bits per heavy atom. The molecule has 4 rings (SSSR count). The zero-order valence-corrected chi connectivity index (χ0v) is 22.3. The average molecular weight is 607 g/mol. The molecule has 0 amide bonds. The van der Waals surface area contributed by atoms with Gasteiger partial charge in [-0.1, -0.05) is 30.3 Å². The molecule has 3 heterocycles. The monoisotopic (exact) mass is 606 g/mol. The van der Waals surface area contributed by atoms with Gasteiger partial charge in [0.1, 0.15) is 73.2 Å². The summed E-state index contributed by atoms with van der Waals surface area (Å²) in [6.07, 6.45) is -24.8. The molecule has 3 fully saturated rings. The lowest BCUT2D eigenvalue weighted by Gasteiger charge is -2.48. The molecule has 16 nitrogen and oxygen atoms in total. The van der Waals surface area contributed by atoms with Crippen molar-refractivity contribution >= 4 is 5.78 Å². The molecule has 0 radical (unpaired) electrons. The van der Waals surface area contributed by atoms with Crippen LogP contribution < -0.4 is 0 Å². The standard InChI is InChI=1S/C26H38O16/c27-7-13-17(32)18(33)21(36)25(39-13)42-24-15(9-29)40-26(22(37)20(24)35)41-23-14(8-28)38-12(16(31)19(23)34)6-11(30)10-4-2-1-3-5-10/h1-5,12-29,31-37H,6-9H2/t12-,13?,14?,15?,16?,17+,18?,19?,20?,21?,22?,23+,24+,25+,26+/m0/s1. The average Bonchev–Trinajstić information content (AvgIpc) is 3.00. The number of carbonyl (C=O) groups excluding carboxylic acids is 1. The fourth-order valence-corrected chi connectivity index (χ4v) is 5.25. The quantitative estimate of drug-likeness (QED) is 0.112. The molecule has 15 atom stereocenters. The first-order chi connectivity index (χ1) is 20.0. The maximum absolute atomic E-state index is 12.6. The minimum Gasteiger partial charge on any atom is -0.394 e. The van der Waals surface area contributed by atoms with Crippen molar-refractivity contribution in [2.24, 2.45) is 0 Å². The lowest BCUT2D eigenvalue weighted by atomic mass is 9.91. The molecule has 42 heavy (non-hydrogen) atoms. The number of aliphatic hydroxyl groups excluding tert-OH is 10. The van der Waals surface area contributed by atoms with Crippen molar-refractivity contribution in [3.63, 3.8) is 0 Å². The molecule has 0 saturated carbocycles. The summed E-state index contributed by atoms with van der Waals surface area (Å²) in [5, 5.41) is 103. The summed E-state index contributed by atoms with van der Waals surface area (Å²) < 4.78 is 27.6. The van der Waals surface area contributed by atoms with E-state index in [1.807, 2.05) is 0 Å². The van der Waals surface area contributed by atoms with Crippen LogP contribution in [0.3, 0.4) is 0 Å². The summed E-state index contributed by atoms with van der Waals surface area (Å²) >= 11 is 0. The largest absolute Gasteiger partial charge is 0.394 e. The third-order valence-corrected chi connectivity index (χ3v) is 7.70. The minimum atomic E-state index is -1.93. The van der Waals surface area contributed by atoms with Gasteiger partial charge in [0, 0.05) is 12.0 Å². The van der Waals surface area contributed by atoms with Gasteiger partial charge in [-0.25, -0.2) is 0 Å². The lowest BCUT2D eigenvalue weighted by molar-refractivity contribution is -0.372. The van der Waals surface area contributed by atoms with Crippen LogP contribution in [-0.2, 0) is 23.7 Å². The van der Waals surface area contributed by atoms with E-state index in [2.05, 4.69) is 0 Å². The highest BCUT2D eigenvalue weighted by atomic mass is 16.7. The van der Waals surface area contributed by atoms with E-state index >= 15 is 0 Å². The van der Waals surface area contributed by atoms with Gasteiger partial charge >= 0.3 is 0 Å². The van der Waals surface area contributed by atoms with Gasteiger partial charge in [0.05, 0.1) is 25.9 Å². The summed E-state index contributed by atoms with van der Waals surface area (Å²) in [4.78, 5) is 12.6. The fourth-order valence-electron chi connectivity index (χ4n) is 5.25. The van der Waals surface area contributed by atoms with Crippen molar-refractivity contribution in [2.75, 3.05) is 19.8 Å². The summed E-state index contributed by atoms with van der Waals surface area (Å²) in [5.41, 5.74) is 0.352. The van der Waals surface area contributed by atoms with Gasteiger partial charge in [-0.15, -0.1) is 0 Å². The first-order valence-electron chi connectivity index (χ1n) is 13.5. The second-order valence-electron chi connectivity index (χ2n) is 10.5. The minimum absolute atomic E-state index is 0.323. The van der Waals surface area contributed by atoms with Gasteiger partial charge in [0.25, 0.3) is 0 Å². The molecular formula is C26H38O16. The molecular weight excluding hydrogens is 568 g/mol. The predicted octanol–water partition coefficient (Wildman–Crippen LogP) is -5.25. The van der Waals surface area contributed by atoms with Gasteiger partial charge in [-0.05, 0) is 0 Å². The van der Waals surface area contributed by atoms with Crippen LogP contribution in [0.1, 0.15) is 16.8 Å². The molecule has 3 saturated heterocycles. The highest BCUT2D eigenvalue weighted by Gasteiger charge is 2.53. The van der Waals surface area contributed by atoms with Crippen molar-refractivity contribution in [2.45, 2.75) is 98.4 Å². The predicted molar refractivity (Wildman–Crippen MR) is 134 cm³/mol. The van der Waals surface area contributed by atoms with Crippen molar-refractivity contribution < 1.29 is 79.5 Å². The Morgan fingerprint density at radius 3 is 1.57 bits per heavy atom. The van der Waals surface area contributed by atoms with Crippen LogP contribution in [0.4, 0.5) is 0 Å². The van der Waals surface area contributed by atoms with E-state index in [1.54, 1.807) is 30.3 Å². The maximum atomic E-state index is 12.6. The lowest BCUT2D eigenvalue weighted by Crippen LogP contribution is -2.66. The molecule has 3 aliphatic heterocycles. The molecule has 238 valence electrons. The Labute approximate surface area is 239 Å². The third-order valence-electron chi connectivity index (χ3n) is 7.70. The van der Waals surface area contributed by atoms with Crippen molar-refractivity contribution in [1.82, 2.24) is 0 Å². The number of ketones is 1. The SMILES string of the molecule is O=C(C[C@@H]1OC(CO)[C@@H](O[C@H]2OC(CO)[C@@H](O[C@H]3OC(CO)[C@@H](O)C(O)C3O)C(O)C2O)C(O)C1O)c1ccccc1. The van der Waals surface area contributed by atoms with E-state index in [1.165, 1.54) is 0 Å². The number of carbonyl (C=O) groups is 1. The zero-order valence-electron chi connectivity index (χ0n) is 22.3. The first-order valence-corrected chi connectivity index (χ1v) is 13.5. The van der Waals surface area contributed by atoms with Gasteiger partial charge in [-0.2, -0.15) is 0 Å². The number of Topliss-reactive ketones (excluding diaryl/α,β-unsaturated/α-hetero) is 1. The number of hydrogen-bond donors (Lipinski definition) is 10. The number of rotatable bonds is 10. The van der Waals surface area contributed by atoms with Crippen LogP contribution in [0.15, 0.2) is 30.3 Å². The van der Waals surface area contributed by atoms with Crippen molar-refractivity contribution in [3.05, 3.63) is 35.9 Å². The second-order valence-corrected chi connectivity index (χ2v) is 10.5. The van der Waals surface area contributed by atoms with Gasteiger partial charge in [0.15, 0.2) is 18.4 Å². The van der Waals surface area contributed by atoms with Crippen LogP contribution >= 0.6 is 0 Å². The van der Waals surface area contributed by atoms with E-state index < -0.39 is 112 Å². The Kier molecular flexibility index (Phi) is 11.4. The summed E-state index contributed by atoms with van der Waals surface area (Å²) in [6, 6.07) is 8.18. The molecule has 0 spiro atoms. The second kappa shape index (κ2) is 14.4. The highest BCUT2D eigenvalue weighted by molar-refractivity contribution is 5.96. The summed E-state index contributed by atoms with van der Waals surface area (Å²) in [7, 11) is 0. The number of hydrogen-bond acceptors (Lipinski definition) is 16. The molecule has 9 unspecified atom stereocenters. The van der Waals surface area contributed by atoms with E-state index in [9.17, 15) is 55.9 Å². The molecule has 0 aliphatic carbocycles. The van der Waals surface area contributed by atoms with Crippen molar-refractivity contribution in [1.29, 1.82) is 0 Å². The van der Waals surface area contributed by atoms with Crippen LogP contribution in [0.25, 0.3) is 0 Å². The van der Waals surface area contributed by atoms with Gasteiger partial charge < -0.3 is 74.7 Å². The smallest absolute Gasteiger partial charge is 0.187 e. The first kappa shape index (κ1) is 33.2. The molecule has 1 aromatic rings. The summed E-state index contributed by atoms with van der Waals surface area (Å²) in [6.45, 7) is -2.31. The van der Waals surface area contributed by atoms with Crippen LogP contribution in [0, 0.1) is 0 Å². The van der Waals surface area contributed by atoms with Gasteiger partial charge in [-0.3, -0.25) is 4.79 Å². The summed E-state index contributed by atoms with van der Waals surface area (Å²) in [5.74, 6) is -0.381. The van der Waals surface area contributed by atoms with E-state index in [0.717, 1.165) is 0 Å². The molecule has 3 aliphatic rings. The Balaban J connectivity index is 1.42. The number of benzene rings is 1. The topological polar surface area (TPSA) is 266 Å². The molecule has 0 aromatic heterocycles. The Bertz CT molecular complexity index is 994. The highest BCUT2D eigenvalue weighted by Crippen LogP contribution is 2.33. The van der Waals surface area contributed by atoms with E-state index in [4.69, 9.17) is 23.7 Å². The Morgan fingerprint density at radius 1 is 0.571 bits per heavy atom. The van der Waals surface area contributed by atoms with Crippen LogP contribution in [0.2, 0.25) is 0 Å². The molecule has 16 heteroatoms. The number of aliphatic hydroxyl groups is 10. The van der Waals surface area contributed by atoms with Crippen LogP contribution in [-0.4, -0.2) is 169 Å². The van der Waals surface area contributed by atoms with E-state index in [-0.39, 0.29) is 12.2 Å².